The summed E-state index contributed by atoms with van der Waals surface area (Å²) < 4.78 is 5.99. The molecule has 0 amide bonds. The van der Waals surface area contributed by atoms with Crippen LogP contribution in [0.3, 0.4) is 0 Å². The summed E-state index contributed by atoms with van der Waals surface area (Å²) in [5, 5.41) is 9.33. The molecule has 0 aliphatic heterocycles. The average molecular weight is 349 g/mol. The number of esters is 1. The van der Waals surface area contributed by atoms with Crippen LogP contribution >= 0.6 is 15.9 Å². The van der Waals surface area contributed by atoms with Crippen molar-refractivity contribution in [2.45, 2.75) is 13.0 Å². The average Bonchev–Trinajstić information content (AvgIpc) is 2.47. The van der Waals surface area contributed by atoms with E-state index in [1.165, 1.54) is 31.2 Å². The summed E-state index contributed by atoms with van der Waals surface area (Å²) in [5.74, 6) is -0.962. The zero-order valence-electron chi connectivity index (χ0n) is 11.2. The molecular weight excluding hydrogens is 336 g/mol. The standard InChI is InChI=1S/C16H13BrO4/c1-10(15(19)11-5-7-13(17)8-6-11)21-16(20)12-3-2-4-14(18)9-12/h2-10,18H,1H3. The van der Waals surface area contributed by atoms with Crippen LogP contribution in [0, 0.1) is 0 Å². The topological polar surface area (TPSA) is 63.6 Å². The highest BCUT2D eigenvalue weighted by molar-refractivity contribution is 9.10. The van der Waals surface area contributed by atoms with Crippen molar-refractivity contribution in [2.75, 3.05) is 0 Å². The Labute approximate surface area is 130 Å². The van der Waals surface area contributed by atoms with Crippen molar-refractivity contribution >= 4 is 27.7 Å². The van der Waals surface area contributed by atoms with Gasteiger partial charge in [0.2, 0.25) is 5.78 Å². The molecule has 0 heterocycles. The molecule has 0 aromatic heterocycles. The molecule has 1 unspecified atom stereocenters. The monoisotopic (exact) mass is 348 g/mol. The molecule has 0 saturated carbocycles. The van der Waals surface area contributed by atoms with Crippen molar-refractivity contribution in [3.05, 3.63) is 64.1 Å². The van der Waals surface area contributed by atoms with E-state index in [2.05, 4.69) is 15.9 Å². The van der Waals surface area contributed by atoms with Crippen LogP contribution in [-0.2, 0) is 4.74 Å². The zero-order chi connectivity index (χ0) is 15.4. The molecule has 0 aliphatic carbocycles. The summed E-state index contributed by atoms with van der Waals surface area (Å²) in [4.78, 5) is 24.1. The fourth-order valence-electron chi connectivity index (χ4n) is 1.76. The van der Waals surface area contributed by atoms with E-state index >= 15 is 0 Å². The van der Waals surface area contributed by atoms with Crippen LogP contribution in [0.2, 0.25) is 0 Å². The van der Waals surface area contributed by atoms with Gasteiger partial charge in [0, 0.05) is 10.0 Å². The van der Waals surface area contributed by atoms with Crippen molar-refractivity contribution in [1.29, 1.82) is 0 Å². The van der Waals surface area contributed by atoms with Crippen LogP contribution in [0.15, 0.2) is 53.0 Å². The molecule has 0 bridgehead atoms. The summed E-state index contributed by atoms with van der Waals surface area (Å²) in [7, 11) is 0. The third-order valence-electron chi connectivity index (χ3n) is 2.86. The summed E-state index contributed by atoms with van der Waals surface area (Å²) >= 11 is 3.29. The van der Waals surface area contributed by atoms with Crippen molar-refractivity contribution in [3.63, 3.8) is 0 Å². The molecule has 2 aromatic carbocycles. The van der Waals surface area contributed by atoms with Crippen molar-refractivity contribution in [2.24, 2.45) is 0 Å². The first kappa shape index (κ1) is 15.3. The number of aromatic hydroxyl groups is 1. The van der Waals surface area contributed by atoms with E-state index in [1.807, 2.05) is 0 Å². The highest BCUT2D eigenvalue weighted by atomic mass is 79.9. The number of hydrogen-bond donors (Lipinski definition) is 1. The maximum absolute atomic E-state index is 12.1. The van der Waals surface area contributed by atoms with Gasteiger partial charge in [0.05, 0.1) is 5.56 Å². The molecule has 2 aromatic rings. The number of ketones is 1. The normalized spacial score (nSPS) is 11.7. The number of ether oxygens (including phenoxy) is 1. The molecule has 21 heavy (non-hydrogen) atoms. The first-order valence-corrected chi connectivity index (χ1v) is 7.06. The molecule has 0 saturated heterocycles. The molecule has 1 atom stereocenters. The molecule has 1 N–H and O–H groups in total. The summed E-state index contributed by atoms with van der Waals surface area (Å²) in [6.07, 6.45) is -0.902. The van der Waals surface area contributed by atoms with Gasteiger partial charge in [-0.25, -0.2) is 4.79 Å². The van der Waals surface area contributed by atoms with E-state index in [0.717, 1.165) is 4.47 Å². The van der Waals surface area contributed by atoms with Gasteiger partial charge in [-0.05, 0) is 37.3 Å². The number of halogens is 1. The second-order valence-electron chi connectivity index (χ2n) is 4.47. The predicted octanol–water partition coefficient (Wildman–Crippen LogP) is 3.58. The summed E-state index contributed by atoms with van der Waals surface area (Å²) in [6.45, 7) is 1.52. The minimum atomic E-state index is -0.902. The first-order chi connectivity index (χ1) is 9.97. The van der Waals surface area contributed by atoms with E-state index in [9.17, 15) is 14.7 Å². The Hall–Kier alpha value is -2.14. The Morgan fingerprint density at radius 2 is 1.76 bits per heavy atom. The van der Waals surface area contributed by atoms with Crippen LogP contribution in [0.5, 0.6) is 5.75 Å². The SMILES string of the molecule is CC(OC(=O)c1cccc(O)c1)C(=O)c1ccc(Br)cc1. The van der Waals surface area contributed by atoms with E-state index < -0.39 is 12.1 Å². The molecule has 5 heteroatoms. The van der Waals surface area contributed by atoms with E-state index in [4.69, 9.17) is 4.74 Å². The van der Waals surface area contributed by atoms with Crippen LogP contribution in [0.4, 0.5) is 0 Å². The van der Waals surface area contributed by atoms with Gasteiger partial charge < -0.3 is 9.84 Å². The number of rotatable bonds is 4. The van der Waals surface area contributed by atoms with Gasteiger partial charge in [-0.3, -0.25) is 4.79 Å². The molecule has 0 radical (unpaired) electrons. The second kappa shape index (κ2) is 6.54. The Kier molecular flexibility index (Phi) is 4.75. The number of benzene rings is 2. The summed E-state index contributed by atoms with van der Waals surface area (Å²) in [6, 6.07) is 12.6. The number of carbonyl (C=O) groups excluding carboxylic acids is 2. The van der Waals surface area contributed by atoms with Gasteiger partial charge in [0.1, 0.15) is 5.75 Å². The Bertz CT molecular complexity index is 664. The van der Waals surface area contributed by atoms with E-state index in [-0.39, 0.29) is 17.1 Å². The molecule has 2 rings (SSSR count). The van der Waals surface area contributed by atoms with Gasteiger partial charge in [-0.1, -0.05) is 34.1 Å². The van der Waals surface area contributed by atoms with Gasteiger partial charge >= 0.3 is 5.97 Å². The van der Waals surface area contributed by atoms with Gasteiger partial charge in [-0.15, -0.1) is 0 Å². The van der Waals surface area contributed by atoms with E-state index in [1.54, 1.807) is 24.3 Å². The smallest absolute Gasteiger partial charge is 0.338 e. The van der Waals surface area contributed by atoms with Crippen LogP contribution in [0.25, 0.3) is 0 Å². The molecule has 0 spiro atoms. The summed E-state index contributed by atoms with van der Waals surface area (Å²) in [5.41, 5.74) is 0.667. The van der Waals surface area contributed by atoms with Crippen molar-refractivity contribution in [1.82, 2.24) is 0 Å². The minimum Gasteiger partial charge on any atom is -0.508 e. The van der Waals surface area contributed by atoms with Crippen molar-refractivity contribution < 1.29 is 19.4 Å². The van der Waals surface area contributed by atoms with Crippen molar-refractivity contribution in [3.8, 4) is 5.75 Å². The minimum absolute atomic E-state index is 0.0312. The predicted molar refractivity (Wildman–Crippen MR) is 81.5 cm³/mol. The number of carbonyl (C=O) groups is 2. The Morgan fingerprint density at radius 3 is 2.38 bits per heavy atom. The number of phenols is 1. The van der Waals surface area contributed by atoms with Gasteiger partial charge in [0.25, 0.3) is 0 Å². The number of phenolic OH excluding ortho intramolecular Hbond substituents is 1. The highest BCUT2D eigenvalue weighted by Gasteiger charge is 2.20. The lowest BCUT2D eigenvalue weighted by Crippen LogP contribution is -2.24. The fourth-order valence-corrected chi connectivity index (χ4v) is 2.03. The van der Waals surface area contributed by atoms with Gasteiger partial charge in [0.15, 0.2) is 6.10 Å². The van der Waals surface area contributed by atoms with E-state index in [0.29, 0.717) is 5.56 Å². The van der Waals surface area contributed by atoms with Crippen LogP contribution < -0.4 is 0 Å². The van der Waals surface area contributed by atoms with Gasteiger partial charge in [-0.2, -0.15) is 0 Å². The second-order valence-corrected chi connectivity index (χ2v) is 5.38. The molecule has 0 fully saturated rings. The zero-order valence-corrected chi connectivity index (χ0v) is 12.8. The fraction of sp³-hybridized carbons (Fsp3) is 0.125. The molecule has 0 aliphatic rings. The third kappa shape index (κ3) is 3.92. The Balaban J connectivity index is 2.07. The highest BCUT2D eigenvalue weighted by Crippen LogP contribution is 2.15. The third-order valence-corrected chi connectivity index (χ3v) is 3.39. The van der Waals surface area contributed by atoms with Crippen LogP contribution in [0.1, 0.15) is 27.6 Å². The number of hydrogen-bond acceptors (Lipinski definition) is 4. The molecule has 4 nitrogen and oxygen atoms in total. The molecular formula is C16H13BrO4. The maximum atomic E-state index is 12.1. The quantitative estimate of drug-likeness (QED) is 0.677. The van der Waals surface area contributed by atoms with Crippen LogP contribution in [-0.4, -0.2) is 23.0 Å². The molecule has 108 valence electrons. The maximum Gasteiger partial charge on any atom is 0.338 e. The lowest BCUT2D eigenvalue weighted by Gasteiger charge is -2.12. The largest absolute Gasteiger partial charge is 0.508 e. The Morgan fingerprint density at radius 1 is 1.10 bits per heavy atom. The lowest BCUT2D eigenvalue weighted by molar-refractivity contribution is 0.0318. The first-order valence-electron chi connectivity index (χ1n) is 6.27. The number of Topliss-reactive ketones (excluding diaryl/α,β-unsaturated/α-hetero) is 1. The lowest BCUT2D eigenvalue weighted by atomic mass is 10.1.